The van der Waals surface area contributed by atoms with Crippen LogP contribution in [0.15, 0.2) is 18.3 Å². The van der Waals surface area contributed by atoms with E-state index in [4.69, 9.17) is 5.84 Å². The van der Waals surface area contributed by atoms with E-state index < -0.39 is 0 Å². The molecule has 0 spiro atoms. The van der Waals surface area contributed by atoms with Crippen LogP contribution in [0.1, 0.15) is 0 Å². The fourth-order valence-electron chi connectivity index (χ4n) is 0.405. The SMILES string of the molecule is NNc1cc[c]cn1. The molecule has 0 aliphatic carbocycles. The van der Waals surface area contributed by atoms with Gasteiger partial charge in [-0.2, -0.15) is 0 Å². The Bertz CT molecular complexity index is 149. The van der Waals surface area contributed by atoms with E-state index >= 15 is 0 Å². The third kappa shape index (κ3) is 0.946. The number of nitrogens with zero attached hydrogens (tertiary/aromatic N) is 1. The molecule has 0 aromatic carbocycles. The van der Waals surface area contributed by atoms with Crippen LogP contribution in [-0.4, -0.2) is 4.98 Å². The molecule has 0 atom stereocenters. The summed E-state index contributed by atoms with van der Waals surface area (Å²) in [4.78, 5) is 3.81. The molecule has 0 aliphatic heterocycles. The van der Waals surface area contributed by atoms with Crippen LogP contribution < -0.4 is 11.3 Å². The standard InChI is InChI=1S/C5H6N3/c6-8-5-3-1-2-4-7-5/h1,3-4H,6H2,(H,7,8). The summed E-state index contributed by atoms with van der Waals surface area (Å²) in [5, 5.41) is 0. The fraction of sp³-hybridized carbons (Fsp3) is 0. The van der Waals surface area contributed by atoms with Crippen molar-refractivity contribution in [2.75, 3.05) is 5.43 Å². The lowest BCUT2D eigenvalue weighted by Gasteiger charge is -1.92. The smallest absolute Gasteiger partial charge is 0.139 e. The molecule has 41 valence electrons. The van der Waals surface area contributed by atoms with Gasteiger partial charge in [-0.25, -0.2) is 10.8 Å². The third-order valence-electron chi connectivity index (χ3n) is 0.763. The molecule has 3 N–H and O–H groups in total. The number of hydrogen-bond donors (Lipinski definition) is 2. The first-order chi connectivity index (χ1) is 3.93. The van der Waals surface area contributed by atoms with Gasteiger partial charge in [0.05, 0.1) is 0 Å². The second-order valence-corrected chi connectivity index (χ2v) is 1.29. The number of hydrazine groups is 1. The highest BCUT2D eigenvalue weighted by atomic mass is 15.2. The largest absolute Gasteiger partial charge is 0.308 e. The Morgan fingerprint density at radius 3 is 3.00 bits per heavy atom. The maximum atomic E-state index is 5.02. The summed E-state index contributed by atoms with van der Waals surface area (Å²) in [6, 6.07) is 6.23. The van der Waals surface area contributed by atoms with Crippen molar-refractivity contribution in [2.45, 2.75) is 0 Å². The number of pyridine rings is 1. The second-order valence-electron chi connectivity index (χ2n) is 1.29. The zero-order valence-electron chi connectivity index (χ0n) is 4.26. The molecule has 0 unspecified atom stereocenters. The Balaban J connectivity index is 2.83. The van der Waals surface area contributed by atoms with E-state index in [0.717, 1.165) is 0 Å². The van der Waals surface area contributed by atoms with Crippen LogP contribution in [0.3, 0.4) is 0 Å². The van der Waals surface area contributed by atoms with Gasteiger partial charge in [0.2, 0.25) is 0 Å². The van der Waals surface area contributed by atoms with Gasteiger partial charge in [0.15, 0.2) is 0 Å². The van der Waals surface area contributed by atoms with Gasteiger partial charge >= 0.3 is 0 Å². The zero-order chi connectivity index (χ0) is 5.82. The van der Waals surface area contributed by atoms with E-state index in [2.05, 4.69) is 16.5 Å². The Labute approximate surface area is 47.5 Å². The lowest BCUT2D eigenvalue weighted by atomic mass is 10.5. The highest BCUT2D eigenvalue weighted by molar-refractivity contribution is 5.30. The Kier molecular flexibility index (Phi) is 1.44. The van der Waals surface area contributed by atoms with Gasteiger partial charge < -0.3 is 5.43 Å². The topological polar surface area (TPSA) is 50.9 Å². The highest BCUT2D eigenvalue weighted by Gasteiger charge is 1.80. The van der Waals surface area contributed by atoms with Crippen LogP contribution in [0.25, 0.3) is 0 Å². The van der Waals surface area contributed by atoms with Crippen molar-refractivity contribution in [2.24, 2.45) is 5.84 Å². The molecule has 8 heavy (non-hydrogen) atoms. The van der Waals surface area contributed by atoms with Crippen LogP contribution in [0.5, 0.6) is 0 Å². The molecule has 0 aliphatic rings. The van der Waals surface area contributed by atoms with Gasteiger partial charge in [0, 0.05) is 12.3 Å². The van der Waals surface area contributed by atoms with Crippen LogP contribution in [0.4, 0.5) is 5.82 Å². The van der Waals surface area contributed by atoms with Crippen molar-refractivity contribution >= 4 is 5.82 Å². The lowest BCUT2D eigenvalue weighted by molar-refractivity contribution is 1.23. The average Bonchev–Trinajstić information content (AvgIpc) is 1.90. The van der Waals surface area contributed by atoms with E-state index in [1.54, 1.807) is 18.3 Å². The molecule has 1 heterocycles. The molecule has 0 amide bonds. The van der Waals surface area contributed by atoms with E-state index in [-0.39, 0.29) is 0 Å². The maximum Gasteiger partial charge on any atom is 0.139 e. The Morgan fingerprint density at radius 1 is 1.75 bits per heavy atom. The molecule has 0 fully saturated rings. The first-order valence-corrected chi connectivity index (χ1v) is 2.22. The molecule has 0 saturated heterocycles. The molecule has 1 rings (SSSR count). The molecule has 1 aromatic heterocycles. The zero-order valence-corrected chi connectivity index (χ0v) is 4.26. The Morgan fingerprint density at radius 2 is 2.62 bits per heavy atom. The monoisotopic (exact) mass is 108 g/mol. The van der Waals surface area contributed by atoms with Gasteiger partial charge in [0.25, 0.3) is 0 Å². The number of rotatable bonds is 1. The fourth-order valence-corrected chi connectivity index (χ4v) is 0.405. The number of nitrogens with one attached hydrogen (secondary N) is 1. The molecular formula is C5H6N3. The van der Waals surface area contributed by atoms with E-state index in [0.29, 0.717) is 5.82 Å². The van der Waals surface area contributed by atoms with E-state index in [1.807, 2.05) is 0 Å². The van der Waals surface area contributed by atoms with Crippen LogP contribution in [-0.2, 0) is 0 Å². The summed E-state index contributed by atoms with van der Waals surface area (Å²) in [7, 11) is 0. The lowest BCUT2D eigenvalue weighted by Crippen LogP contribution is -2.07. The molecule has 3 nitrogen and oxygen atoms in total. The molecule has 0 saturated carbocycles. The number of nitrogens with two attached hydrogens (primary N) is 1. The minimum atomic E-state index is 0.656. The molecule has 1 radical (unpaired) electrons. The van der Waals surface area contributed by atoms with Crippen molar-refractivity contribution in [1.29, 1.82) is 0 Å². The molecule has 3 heteroatoms. The summed E-state index contributed by atoms with van der Waals surface area (Å²) < 4.78 is 0. The summed E-state index contributed by atoms with van der Waals surface area (Å²) in [5.41, 5.74) is 2.40. The van der Waals surface area contributed by atoms with Gasteiger partial charge in [-0.15, -0.1) is 0 Å². The molecular weight excluding hydrogens is 102 g/mol. The van der Waals surface area contributed by atoms with Crippen molar-refractivity contribution in [3.63, 3.8) is 0 Å². The van der Waals surface area contributed by atoms with Crippen LogP contribution in [0.2, 0.25) is 0 Å². The minimum absolute atomic E-state index is 0.656. The third-order valence-corrected chi connectivity index (χ3v) is 0.763. The normalized spacial score (nSPS) is 8.62. The van der Waals surface area contributed by atoms with E-state index in [1.165, 1.54) is 0 Å². The number of nitrogen functional groups attached to an aromatic ring is 1. The van der Waals surface area contributed by atoms with Crippen molar-refractivity contribution in [3.8, 4) is 0 Å². The predicted molar refractivity (Wildman–Crippen MR) is 30.9 cm³/mol. The number of aromatic nitrogens is 1. The van der Waals surface area contributed by atoms with Crippen LogP contribution in [0, 0.1) is 6.07 Å². The molecule has 0 bridgehead atoms. The summed E-state index contributed by atoms with van der Waals surface area (Å²) in [5.74, 6) is 5.68. The maximum absolute atomic E-state index is 5.02. The van der Waals surface area contributed by atoms with Gasteiger partial charge in [0.1, 0.15) is 5.82 Å². The predicted octanol–water partition coefficient (Wildman–Crippen LogP) is 0.167. The summed E-state index contributed by atoms with van der Waals surface area (Å²) in [6.45, 7) is 0. The van der Waals surface area contributed by atoms with Crippen molar-refractivity contribution in [1.82, 2.24) is 4.98 Å². The molecule has 1 aromatic rings. The Hall–Kier alpha value is -1.09. The highest BCUT2D eigenvalue weighted by Crippen LogP contribution is 1.93. The number of hydrogen-bond acceptors (Lipinski definition) is 3. The van der Waals surface area contributed by atoms with Gasteiger partial charge in [-0.05, 0) is 12.1 Å². The quantitative estimate of drug-likeness (QED) is 0.398. The van der Waals surface area contributed by atoms with Gasteiger partial charge in [-0.1, -0.05) is 0 Å². The second kappa shape index (κ2) is 2.28. The first kappa shape index (κ1) is 5.05. The summed E-state index contributed by atoms with van der Waals surface area (Å²) in [6.07, 6.45) is 1.55. The van der Waals surface area contributed by atoms with Crippen molar-refractivity contribution in [3.05, 3.63) is 24.4 Å². The first-order valence-electron chi connectivity index (χ1n) is 2.22. The average molecular weight is 108 g/mol. The minimum Gasteiger partial charge on any atom is -0.308 e. The van der Waals surface area contributed by atoms with Gasteiger partial charge in [-0.3, -0.25) is 0 Å². The summed E-state index contributed by atoms with van der Waals surface area (Å²) >= 11 is 0. The number of anilines is 1. The van der Waals surface area contributed by atoms with Crippen molar-refractivity contribution < 1.29 is 0 Å². The van der Waals surface area contributed by atoms with Crippen LogP contribution >= 0.6 is 0 Å². The van der Waals surface area contributed by atoms with E-state index in [9.17, 15) is 0 Å².